The fourth-order valence-corrected chi connectivity index (χ4v) is 4.80. The fraction of sp³-hybridized carbons (Fsp3) is 0.348. The van der Waals surface area contributed by atoms with Gasteiger partial charge in [-0.1, -0.05) is 13.8 Å². The third-order valence-electron chi connectivity index (χ3n) is 5.64. The standard InChI is InChI=1S/C23H24F2N4O4S/c1-13(2)21-17-9-19(30)28-34(31,32)15-10-27-29(11-15)23(3,4)12-33-20-7-14(5-6-26-20)16(17)8-18(24)22(21)25/h5-8,10-11,13H,9,12H2,1-4H3,(H,28,30). The predicted octanol–water partition coefficient (Wildman–Crippen LogP) is 3.52. The Morgan fingerprint density at radius 2 is 1.97 bits per heavy atom. The molecule has 2 aromatic heterocycles. The predicted molar refractivity (Wildman–Crippen MR) is 120 cm³/mol. The van der Waals surface area contributed by atoms with E-state index in [1.807, 2.05) is 4.72 Å². The number of aromatic nitrogens is 3. The first kappa shape index (κ1) is 23.8. The van der Waals surface area contributed by atoms with Crippen molar-refractivity contribution in [3.05, 3.63) is 59.6 Å². The Morgan fingerprint density at radius 3 is 2.68 bits per heavy atom. The van der Waals surface area contributed by atoms with Crippen molar-refractivity contribution < 1.29 is 26.7 Å². The van der Waals surface area contributed by atoms with Crippen LogP contribution < -0.4 is 9.46 Å². The minimum absolute atomic E-state index is 0.0000906. The minimum Gasteiger partial charge on any atom is -0.475 e. The van der Waals surface area contributed by atoms with Crippen molar-refractivity contribution in [1.82, 2.24) is 19.5 Å². The maximum absolute atomic E-state index is 14.8. The molecule has 180 valence electrons. The average molecular weight is 491 g/mol. The summed E-state index contributed by atoms with van der Waals surface area (Å²) in [6.45, 7) is 7.00. The molecular weight excluding hydrogens is 466 g/mol. The molecule has 11 heteroatoms. The van der Waals surface area contributed by atoms with E-state index in [1.54, 1.807) is 39.8 Å². The molecule has 3 aromatic rings. The summed E-state index contributed by atoms with van der Waals surface area (Å²) < 4.78 is 64.4. The van der Waals surface area contributed by atoms with E-state index in [2.05, 4.69) is 10.1 Å². The summed E-state index contributed by atoms with van der Waals surface area (Å²) in [7, 11) is -4.25. The monoisotopic (exact) mass is 490 g/mol. The summed E-state index contributed by atoms with van der Waals surface area (Å²) in [5.41, 5.74) is 0.116. The van der Waals surface area contributed by atoms with Crippen LogP contribution in [-0.2, 0) is 26.8 Å². The minimum atomic E-state index is -4.25. The Hall–Kier alpha value is -3.34. The molecule has 0 spiro atoms. The normalized spacial score (nSPS) is 17.2. The second-order valence-electron chi connectivity index (χ2n) is 9.08. The van der Waals surface area contributed by atoms with Gasteiger partial charge in [-0.25, -0.2) is 26.9 Å². The van der Waals surface area contributed by atoms with Crippen LogP contribution in [0.2, 0.25) is 0 Å². The van der Waals surface area contributed by atoms with Crippen LogP contribution in [0, 0.1) is 11.6 Å². The zero-order valence-corrected chi connectivity index (χ0v) is 19.9. The zero-order valence-electron chi connectivity index (χ0n) is 19.1. The lowest BCUT2D eigenvalue weighted by molar-refractivity contribution is -0.118. The van der Waals surface area contributed by atoms with E-state index in [4.69, 9.17) is 4.74 Å². The number of nitrogens with zero attached hydrogens (tertiary/aromatic N) is 3. The van der Waals surface area contributed by atoms with E-state index in [-0.39, 0.29) is 34.1 Å². The molecule has 0 radical (unpaired) electrons. The summed E-state index contributed by atoms with van der Waals surface area (Å²) in [5, 5.41) is 4.12. The van der Waals surface area contributed by atoms with E-state index in [1.165, 1.54) is 17.1 Å². The van der Waals surface area contributed by atoms with Gasteiger partial charge in [0.2, 0.25) is 11.8 Å². The molecule has 1 aliphatic rings. The molecule has 0 aliphatic carbocycles. The Balaban J connectivity index is 1.94. The molecule has 0 atom stereocenters. The zero-order chi connectivity index (χ0) is 24.8. The lowest BCUT2D eigenvalue weighted by atomic mass is 9.88. The van der Waals surface area contributed by atoms with Crippen LogP contribution in [0.4, 0.5) is 8.78 Å². The molecule has 1 amide bonds. The quantitative estimate of drug-likeness (QED) is 0.560. The van der Waals surface area contributed by atoms with Crippen LogP contribution in [0.25, 0.3) is 11.1 Å². The largest absolute Gasteiger partial charge is 0.475 e. The maximum Gasteiger partial charge on any atom is 0.267 e. The number of hydrogen-bond donors (Lipinski definition) is 1. The van der Waals surface area contributed by atoms with E-state index in [0.717, 1.165) is 12.3 Å². The molecule has 3 heterocycles. The number of benzene rings is 1. The van der Waals surface area contributed by atoms with Gasteiger partial charge in [0, 0.05) is 18.5 Å². The highest BCUT2D eigenvalue weighted by molar-refractivity contribution is 7.90. The SMILES string of the molecule is CC(C)c1c(F)c(F)cc2c1CC(=O)NS(=O)(=O)c1cnn(c1)C(C)(C)COc1cc-2ccn1. The number of nitrogens with one attached hydrogen (secondary N) is 1. The number of amides is 1. The molecule has 1 aromatic carbocycles. The molecule has 0 saturated heterocycles. The van der Waals surface area contributed by atoms with Crippen molar-refractivity contribution in [3.63, 3.8) is 0 Å². The maximum atomic E-state index is 14.8. The Kier molecular flexibility index (Phi) is 5.92. The summed E-state index contributed by atoms with van der Waals surface area (Å²) in [6, 6.07) is 4.16. The Bertz CT molecular complexity index is 1380. The number of halogens is 2. The molecule has 4 rings (SSSR count). The molecular formula is C23H24F2N4O4S. The molecule has 34 heavy (non-hydrogen) atoms. The van der Waals surface area contributed by atoms with Crippen LogP contribution in [0.5, 0.6) is 5.88 Å². The third kappa shape index (κ3) is 4.39. The van der Waals surface area contributed by atoms with Crippen molar-refractivity contribution in [1.29, 1.82) is 0 Å². The van der Waals surface area contributed by atoms with Crippen molar-refractivity contribution in [2.45, 2.75) is 50.5 Å². The van der Waals surface area contributed by atoms with Gasteiger partial charge in [0.05, 0.1) is 18.2 Å². The molecule has 1 aliphatic heterocycles. The first-order valence-electron chi connectivity index (χ1n) is 10.6. The highest BCUT2D eigenvalue weighted by Crippen LogP contribution is 2.35. The number of rotatable bonds is 1. The van der Waals surface area contributed by atoms with Crippen molar-refractivity contribution in [3.8, 4) is 17.0 Å². The van der Waals surface area contributed by atoms with Gasteiger partial charge in [0.15, 0.2) is 11.6 Å². The van der Waals surface area contributed by atoms with Gasteiger partial charge < -0.3 is 4.74 Å². The van der Waals surface area contributed by atoms with Gasteiger partial charge in [-0.05, 0) is 54.2 Å². The summed E-state index contributed by atoms with van der Waals surface area (Å²) in [4.78, 5) is 16.9. The Morgan fingerprint density at radius 1 is 1.24 bits per heavy atom. The highest BCUT2D eigenvalue weighted by atomic mass is 32.2. The fourth-order valence-electron chi connectivity index (χ4n) is 3.89. The molecule has 0 fully saturated rings. The van der Waals surface area contributed by atoms with Crippen LogP contribution in [0.3, 0.4) is 0 Å². The summed E-state index contributed by atoms with van der Waals surface area (Å²) in [5.74, 6) is -3.28. The van der Waals surface area contributed by atoms with Crippen LogP contribution in [0.15, 0.2) is 41.7 Å². The second kappa shape index (κ2) is 8.46. The Labute approximate surface area is 196 Å². The van der Waals surface area contributed by atoms with Crippen molar-refractivity contribution >= 4 is 15.9 Å². The number of hydrogen-bond acceptors (Lipinski definition) is 6. The van der Waals surface area contributed by atoms with Crippen LogP contribution in [-0.4, -0.2) is 35.7 Å². The summed E-state index contributed by atoms with van der Waals surface area (Å²) in [6.07, 6.45) is 3.40. The smallest absolute Gasteiger partial charge is 0.267 e. The van der Waals surface area contributed by atoms with Crippen LogP contribution >= 0.6 is 0 Å². The number of fused-ring (bicyclic) bond motifs is 6. The van der Waals surface area contributed by atoms with Crippen LogP contribution in [0.1, 0.15) is 44.7 Å². The summed E-state index contributed by atoms with van der Waals surface area (Å²) >= 11 is 0. The third-order valence-corrected chi connectivity index (χ3v) is 6.97. The van der Waals surface area contributed by atoms with Gasteiger partial charge >= 0.3 is 0 Å². The number of sulfonamides is 1. The topological polar surface area (TPSA) is 103 Å². The first-order chi connectivity index (χ1) is 15.9. The lowest BCUT2D eigenvalue weighted by Crippen LogP contribution is -2.34. The second-order valence-corrected chi connectivity index (χ2v) is 10.8. The van der Waals surface area contributed by atoms with E-state index < -0.39 is 45.4 Å². The molecule has 4 bridgehead atoms. The van der Waals surface area contributed by atoms with Gasteiger partial charge in [-0.15, -0.1) is 0 Å². The van der Waals surface area contributed by atoms with Gasteiger partial charge in [0.1, 0.15) is 11.5 Å². The first-order valence-corrected chi connectivity index (χ1v) is 12.1. The van der Waals surface area contributed by atoms with Crippen molar-refractivity contribution in [2.24, 2.45) is 0 Å². The van der Waals surface area contributed by atoms with Gasteiger partial charge in [-0.2, -0.15) is 5.10 Å². The van der Waals surface area contributed by atoms with Gasteiger partial charge in [-0.3, -0.25) is 9.48 Å². The molecule has 0 saturated carbocycles. The van der Waals surface area contributed by atoms with Gasteiger partial charge in [0.25, 0.3) is 10.0 Å². The molecule has 8 nitrogen and oxygen atoms in total. The number of ether oxygens (including phenoxy) is 1. The highest BCUT2D eigenvalue weighted by Gasteiger charge is 2.29. The number of carbonyl (C=O) groups excluding carboxylic acids is 1. The van der Waals surface area contributed by atoms with E-state index in [0.29, 0.717) is 5.56 Å². The molecule has 1 N–H and O–H groups in total. The van der Waals surface area contributed by atoms with E-state index in [9.17, 15) is 22.0 Å². The molecule has 0 unspecified atom stereocenters. The van der Waals surface area contributed by atoms with Crippen molar-refractivity contribution in [2.75, 3.05) is 6.61 Å². The number of pyridine rings is 1. The lowest BCUT2D eigenvalue weighted by Gasteiger charge is -2.25. The average Bonchev–Trinajstić information content (AvgIpc) is 3.26. The van der Waals surface area contributed by atoms with E-state index >= 15 is 0 Å². The number of carbonyl (C=O) groups is 1.